The molecule has 2 N–H and O–H groups in total. The SMILES string of the molecule is CCn1c(-c2nonc2N)nc2c(Cl)ncc(OCCCCCC(=O)OC)c21. The zero-order valence-electron chi connectivity index (χ0n) is 15.6. The van der Waals surface area contributed by atoms with Crippen molar-refractivity contribution in [2.45, 2.75) is 39.2 Å². The minimum Gasteiger partial charge on any atom is -0.490 e. The van der Waals surface area contributed by atoms with Crippen molar-refractivity contribution in [1.29, 1.82) is 0 Å². The van der Waals surface area contributed by atoms with E-state index in [1.54, 1.807) is 6.20 Å². The van der Waals surface area contributed by atoms with Crippen LogP contribution in [0.25, 0.3) is 22.6 Å². The van der Waals surface area contributed by atoms with Crippen molar-refractivity contribution in [3.63, 3.8) is 0 Å². The number of carbonyl (C=O) groups excluding carboxylic acids is 1. The first kappa shape index (κ1) is 19.9. The Hall–Kier alpha value is -2.88. The topological polar surface area (TPSA) is 131 Å². The third-order valence-corrected chi connectivity index (χ3v) is 4.52. The van der Waals surface area contributed by atoms with Crippen LogP contribution in [0.4, 0.5) is 5.82 Å². The Labute approximate surface area is 165 Å². The normalized spacial score (nSPS) is 11.1. The largest absolute Gasteiger partial charge is 0.490 e. The van der Waals surface area contributed by atoms with Gasteiger partial charge in [-0.1, -0.05) is 11.6 Å². The molecule has 11 heteroatoms. The molecule has 0 unspecified atom stereocenters. The van der Waals surface area contributed by atoms with Crippen molar-refractivity contribution in [2.75, 3.05) is 19.5 Å². The summed E-state index contributed by atoms with van der Waals surface area (Å²) in [6.07, 6.45) is 4.36. The summed E-state index contributed by atoms with van der Waals surface area (Å²) in [7, 11) is 1.39. The average Bonchev–Trinajstić information content (AvgIpc) is 3.29. The number of esters is 1. The molecule has 0 spiro atoms. The number of anilines is 1. The van der Waals surface area contributed by atoms with Crippen molar-refractivity contribution in [3.8, 4) is 17.3 Å². The van der Waals surface area contributed by atoms with Crippen LogP contribution in [-0.2, 0) is 16.1 Å². The fourth-order valence-corrected chi connectivity index (χ4v) is 3.04. The van der Waals surface area contributed by atoms with E-state index < -0.39 is 0 Å². The number of aromatic nitrogens is 5. The van der Waals surface area contributed by atoms with Gasteiger partial charge in [-0.15, -0.1) is 0 Å². The Bertz CT molecular complexity index is 970. The van der Waals surface area contributed by atoms with Gasteiger partial charge in [0.2, 0.25) is 0 Å². The van der Waals surface area contributed by atoms with E-state index in [0.717, 1.165) is 19.3 Å². The Balaban J connectivity index is 1.80. The third kappa shape index (κ3) is 4.01. The van der Waals surface area contributed by atoms with E-state index in [9.17, 15) is 4.79 Å². The van der Waals surface area contributed by atoms with Crippen molar-refractivity contribution < 1.29 is 18.9 Å². The zero-order chi connectivity index (χ0) is 20.1. The summed E-state index contributed by atoms with van der Waals surface area (Å²) >= 11 is 6.24. The minimum atomic E-state index is -0.203. The summed E-state index contributed by atoms with van der Waals surface area (Å²) in [5.74, 6) is 0.977. The maximum absolute atomic E-state index is 11.1. The number of unbranched alkanes of at least 4 members (excludes halogenated alkanes) is 2. The first-order valence-electron chi connectivity index (χ1n) is 8.89. The third-order valence-electron chi connectivity index (χ3n) is 4.24. The number of fused-ring (bicyclic) bond motifs is 1. The highest BCUT2D eigenvalue weighted by Crippen LogP contribution is 2.34. The Morgan fingerprint density at radius 1 is 1.32 bits per heavy atom. The first-order chi connectivity index (χ1) is 13.6. The van der Waals surface area contributed by atoms with Crippen LogP contribution >= 0.6 is 11.6 Å². The number of hydrogen-bond donors (Lipinski definition) is 1. The van der Waals surface area contributed by atoms with Gasteiger partial charge >= 0.3 is 5.97 Å². The van der Waals surface area contributed by atoms with Crippen LogP contribution in [0.3, 0.4) is 0 Å². The summed E-state index contributed by atoms with van der Waals surface area (Å²) in [6.45, 7) is 3.00. The van der Waals surface area contributed by atoms with Crippen LogP contribution < -0.4 is 10.5 Å². The van der Waals surface area contributed by atoms with E-state index in [-0.39, 0.29) is 16.9 Å². The second-order valence-corrected chi connectivity index (χ2v) is 6.38. The second kappa shape index (κ2) is 8.87. The summed E-state index contributed by atoms with van der Waals surface area (Å²) in [5.41, 5.74) is 7.35. The molecule has 28 heavy (non-hydrogen) atoms. The van der Waals surface area contributed by atoms with Gasteiger partial charge in [-0.25, -0.2) is 14.6 Å². The van der Waals surface area contributed by atoms with Gasteiger partial charge in [0.25, 0.3) is 0 Å². The summed E-state index contributed by atoms with van der Waals surface area (Å²) in [6, 6.07) is 0. The zero-order valence-corrected chi connectivity index (χ0v) is 16.4. The molecule has 0 amide bonds. The summed E-state index contributed by atoms with van der Waals surface area (Å²) < 4.78 is 17.1. The molecule has 0 aliphatic rings. The highest BCUT2D eigenvalue weighted by molar-refractivity contribution is 6.34. The molecule has 0 atom stereocenters. The maximum Gasteiger partial charge on any atom is 0.305 e. The number of imidazole rings is 1. The van der Waals surface area contributed by atoms with Gasteiger partial charge in [0.1, 0.15) is 11.0 Å². The maximum atomic E-state index is 11.1. The molecule has 3 aromatic rings. The molecule has 3 heterocycles. The highest BCUT2D eigenvalue weighted by Gasteiger charge is 2.22. The number of nitrogens with two attached hydrogens (primary N) is 1. The number of halogens is 1. The molecular weight excluding hydrogens is 388 g/mol. The van der Waals surface area contributed by atoms with Gasteiger partial charge in [-0.05, 0) is 36.5 Å². The predicted molar refractivity (Wildman–Crippen MR) is 102 cm³/mol. The van der Waals surface area contributed by atoms with E-state index in [1.165, 1.54) is 7.11 Å². The molecule has 3 aromatic heterocycles. The fourth-order valence-electron chi connectivity index (χ4n) is 2.86. The minimum absolute atomic E-state index is 0.141. The number of ether oxygens (including phenoxy) is 2. The Morgan fingerprint density at radius 2 is 2.14 bits per heavy atom. The molecule has 3 rings (SSSR count). The number of hydrogen-bond acceptors (Lipinski definition) is 9. The molecule has 0 radical (unpaired) electrons. The lowest BCUT2D eigenvalue weighted by molar-refractivity contribution is -0.140. The number of carbonyl (C=O) groups is 1. The summed E-state index contributed by atoms with van der Waals surface area (Å²) in [5, 5.41) is 7.69. The molecule has 0 saturated carbocycles. The van der Waals surface area contributed by atoms with Gasteiger partial charge < -0.3 is 19.8 Å². The van der Waals surface area contributed by atoms with E-state index in [2.05, 4.69) is 25.0 Å². The quantitative estimate of drug-likeness (QED) is 0.322. The van der Waals surface area contributed by atoms with Gasteiger partial charge in [-0.2, -0.15) is 0 Å². The van der Waals surface area contributed by atoms with Gasteiger partial charge in [0.15, 0.2) is 28.2 Å². The number of nitrogens with zero attached hydrogens (tertiary/aromatic N) is 5. The molecular formula is C17H21ClN6O4. The van der Waals surface area contributed by atoms with E-state index >= 15 is 0 Å². The lowest BCUT2D eigenvalue weighted by Crippen LogP contribution is -2.04. The van der Waals surface area contributed by atoms with Crippen LogP contribution in [0.15, 0.2) is 10.8 Å². The van der Waals surface area contributed by atoms with Crippen LogP contribution in [-0.4, -0.2) is 44.5 Å². The van der Waals surface area contributed by atoms with Crippen molar-refractivity contribution in [1.82, 2.24) is 24.8 Å². The Kier molecular flexibility index (Phi) is 6.30. The van der Waals surface area contributed by atoms with Crippen LogP contribution in [0.5, 0.6) is 5.75 Å². The van der Waals surface area contributed by atoms with Crippen LogP contribution in [0.1, 0.15) is 32.6 Å². The molecule has 0 saturated heterocycles. The molecule has 0 bridgehead atoms. The molecule has 10 nitrogen and oxygen atoms in total. The molecule has 150 valence electrons. The van der Waals surface area contributed by atoms with Crippen molar-refractivity contribution in [2.24, 2.45) is 0 Å². The molecule has 0 aliphatic carbocycles. The monoisotopic (exact) mass is 408 g/mol. The predicted octanol–water partition coefficient (Wildman–Crippen LogP) is 2.85. The van der Waals surface area contributed by atoms with E-state index in [0.29, 0.717) is 47.9 Å². The molecule has 0 aromatic carbocycles. The first-order valence-corrected chi connectivity index (χ1v) is 9.27. The van der Waals surface area contributed by atoms with E-state index in [1.807, 2.05) is 11.5 Å². The number of pyridine rings is 1. The smallest absolute Gasteiger partial charge is 0.305 e. The molecule has 0 fully saturated rings. The van der Waals surface area contributed by atoms with Gasteiger partial charge in [-0.3, -0.25) is 4.79 Å². The number of nitrogen functional groups attached to an aromatic ring is 1. The van der Waals surface area contributed by atoms with Gasteiger partial charge in [0, 0.05) is 13.0 Å². The number of aryl methyl sites for hydroxylation is 1. The van der Waals surface area contributed by atoms with Crippen molar-refractivity contribution in [3.05, 3.63) is 11.3 Å². The summed E-state index contributed by atoms with van der Waals surface area (Å²) in [4.78, 5) is 19.8. The molecule has 0 aliphatic heterocycles. The lowest BCUT2D eigenvalue weighted by atomic mass is 10.2. The van der Waals surface area contributed by atoms with Crippen LogP contribution in [0, 0.1) is 0 Å². The second-order valence-electron chi connectivity index (χ2n) is 6.02. The highest BCUT2D eigenvalue weighted by atomic mass is 35.5. The fraction of sp³-hybridized carbons (Fsp3) is 0.471. The Morgan fingerprint density at radius 3 is 2.82 bits per heavy atom. The van der Waals surface area contributed by atoms with Crippen molar-refractivity contribution >= 4 is 34.4 Å². The van der Waals surface area contributed by atoms with Gasteiger partial charge in [0.05, 0.1) is 19.9 Å². The van der Waals surface area contributed by atoms with E-state index in [4.69, 9.17) is 26.7 Å². The number of rotatable bonds is 9. The average molecular weight is 409 g/mol. The standard InChI is InChI=1S/C17H21ClN6O4/c1-3-24-14-10(27-8-6-4-5-7-11(25)26-2)9-20-15(18)12(14)21-17(24)13-16(19)23-28-22-13/h9H,3-8H2,1-2H3,(H2,19,23). The van der Waals surface area contributed by atoms with Crippen LogP contribution in [0.2, 0.25) is 5.15 Å². The lowest BCUT2D eigenvalue weighted by Gasteiger charge is -2.10. The number of methoxy groups -OCH3 is 1.